The lowest BCUT2D eigenvalue weighted by Crippen LogP contribution is -2.05. The standard InChI is InChI=1S/C12H14ClN3/c1-2-3-12-15-6-7-16(12)9-11-8-10(13)4-5-14-11/h4-8H,2-3,9H2,1H3. The Kier molecular flexibility index (Phi) is 3.57. The molecule has 0 aliphatic heterocycles. The summed E-state index contributed by atoms with van der Waals surface area (Å²) in [6.07, 6.45) is 7.63. The lowest BCUT2D eigenvalue weighted by molar-refractivity contribution is 0.693. The zero-order chi connectivity index (χ0) is 11.4. The number of imidazole rings is 1. The van der Waals surface area contributed by atoms with Crippen LogP contribution in [0, 0.1) is 0 Å². The largest absolute Gasteiger partial charge is 0.329 e. The van der Waals surface area contributed by atoms with E-state index in [9.17, 15) is 0 Å². The highest BCUT2D eigenvalue weighted by Gasteiger charge is 2.03. The quantitative estimate of drug-likeness (QED) is 0.816. The molecule has 4 heteroatoms. The molecule has 0 unspecified atom stereocenters. The van der Waals surface area contributed by atoms with Gasteiger partial charge in [0, 0.05) is 30.0 Å². The molecule has 2 rings (SSSR count). The normalized spacial score (nSPS) is 10.6. The molecule has 0 fully saturated rings. The summed E-state index contributed by atoms with van der Waals surface area (Å²) in [5, 5.41) is 0.724. The van der Waals surface area contributed by atoms with Crippen molar-refractivity contribution < 1.29 is 0 Å². The maximum Gasteiger partial charge on any atom is 0.108 e. The van der Waals surface area contributed by atoms with Crippen LogP contribution < -0.4 is 0 Å². The Morgan fingerprint density at radius 2 is 2.19 bits per heavy atom. The summed E-state index contributed by atoms with van der Waals surface area (Å²) in [4.78, 5) is 8.61. The van der Waals surface area contributed by atoms with Crippen molar-refractivity contribution in [2.75, 3.05) is 0 Å². The number of rotatable bonds is 4. The fourth-order valence-electron chi connectivity index (χ4n) is 1.65. The first-order valence-electron chi connectivity index (χ1n) is 5.40. The highest BCUT2D eigenvalue weighted by molar-refractivity contribution is 6.30. The molecular formula is C12H14ClN3. The predicted molar refractivity (Wildman–Crippen MR) is 64.6 cm³/mol. The summed E-state index contributed by atoms with van der Waals surface area (Å²) in [5.41, 5.74) is 0.961. The summed E-state index contributed by atoms with van der Waals surface area (Å²) < 4.78 is 2.11. The summed E-state index contributed by atoms with van der Waals surface area (Å²) >= 11 is 5.92. The van der Waals surface area contributed by atoms with E-state index in [0.717, 1.165) is 35.9 Å². The fraction of sp³-hybridized carbons (Fsp3) is 0.333. The monoisotopic (exact) mass is 235 g/mol. The van der Waals surface area contributed by atoms with Crippen LogP contribution in [0.5, 0.6) is 0 Å². The molecular weight excluding hydrogens is 222 g/mol. The Hall–Kier alpha value is -1.35. The number of nitrogens with zero attached hydrogens (tertiary/aromatic N) is 3. The van der Waals surface area contributed by atoms with Crippen LogP contribution >= 0.6 is 11.6 Å². The van der Waals surface area contributed by atoms with Crippen molar-refractivity contribution in [2.24, 2.45) is 0 Å². The minimum Gasteiger partial charge on any atom is -0.329 e. The molecule has 0 atom stereocenters. The summed E-state index contributed by atoms with van der Waals surface area (Å²) in [5.74, 6) is 1.10. The van der Waals surface area contributed by atoms with Gasteiger partial charge < -0.3 is 4.57 Å². The average Bonchev–Trinajstić information content (AvgIpc) is 2.66. The molecule has 0 saturated heterocycles. The zero-order valence-electron chi connectivity index (χ0n) is 9.23. The van der Waals surface area contributed by atoms with Crippen molar-refractivity contribution in [1.29, 1.82) is 0 Å². The minimum atomic E-state index is 0.724. The molecule has 3 nitrogen and oxygen atoms in total. The second-order valence-corrected chi connectivity index (χ2v) is 4.12. The predicted octanol–water partition coefficient (Wildman–Crippen LogP) is 2.93. The smallest absolute Gasteiger partial charge is 0.108 e. The van der Waals surface area contributed by atoms with E-state index >= 15 is 0 Å². The number of aromatic nitrogens is 3. The van der Waals surface area contributed by atoms with Gasteiger partial charge in [-0.15, -0.1) is 0 Å². The molecule has 0 saturated carbocycles. The van der Waals surface area contributed by atoms with E-state index in [1.807, 2.05) is 18.5 Å². The van der Waals surface area contributed by atoms with Gasteiger partial charge in [-0.05, 0) is 18.6 Å². The Morgan fingerprint density at radius 1 is 1.31 bits per heavy atom. The summed E-state index contributed by atoms with van der Waals surface area (Å²) in [6, 6.07) is 3.67. The highest BCUT2D eigenvalue weighted by atomic mass is 35.5. The number of hydrogen-bond acceptors (Lipinski definition) is 2. The fourth-order valence-corrected chi connectivity index (χ4v) is 1.83. The van der Waals surface area contributed by atoms with Crippen LogP contribution in [0.1, 0.15) is 24.9 Å². The van der Waals surface area contributed by atoms with Crippen molar-refractivity contribution in [3.63, 3.8) is 0 Å². The van der Waals surface area contributed by atoms with E-state index in [4.69, 9.17) is 11.6 Å². The van der Waals surface area contributed by atoms with Crippen molar-refractivity contribution >= 4 is 11.6 Å². The van der Waals surface area contributed by atoms with E-state index < -0.39 is 0 Å². The van der Waals surface area contributed by atoms with E-state index in [0.29, 0.717) is 0 Å². The molecule has 0 spiro atoms. The number of aryl methyl sites for hydroxylation is 1. The van der Waals surface area contributed by atoms with E-state index in [1.165, 1.54) is 0 Å². The maximum absolute atomic E-state index is 5.92. The molecule has 0 aromatic carbocycles. The Labute approximate surface area is 100 Å². The van der Waals surface area contributed by atoms with Crippen molar-refractivity contribution in [1.82, 2.24) is 14.5 Å². The van der Waals surface area contributed by atoms with Crippen LogP contribution in [0.4, 0.5) is 0 Å². The lowest BCUT2D eigenvalue weighted by Gasteiger charge is -2.06. The van der Waals surface area contributed by atoms with Gasteiger partial charge in [0.15, 0.2) is 0 Å². The lowest BCUT2D eigenvalue weighted by atomic mass is 10.3. The first-order valence-corrected chi connectivity index (χ1v) is 5.78. The molecule has 0 bridgehead atoms. The van der Waals surface area contributed by atoms with Crippen molar-refractivity contribution in [3.05, 3.63) is 47.3 Å². The van der Waals surface area contributed by atoms with E-state index in [-0.39, 0.29) is 0 Å². The number of pyridine rings is 1. The second kappa shape index (κ2) is 5.12. The first-order chi connectivity index (χ1) is 7.79. The van der Waals surface area contributed by atoms with Crippen LogP contribution in [0.25, 0.3) is 0 Å². The van der Waals surface area contributed by atoms with Crippen LogP contribution in [0.2, 0.25) is 5.02 Å². The SMILES string of the molecule is CCCc1nccn1Cc1cc(Cl)ccn1. The highest BCUT2D eigenvalue weighted by Crippen LogP contribution is 2.10. The van der Waals surface area contributed by atoms with E-state index in [1.54, 1.807) is 12.3 Å². The Bertz CT molecular complexity index is 465. The Balaban J connectivity index is 2.17. The topological polar surface area (TPSA) is 30.7 Å². The van der Waals surface area contributed by atoms with Gasteiger partial charge >= 0.3 is 0 Å². The molecule has 0 aliphatic rings. The molecule has 2 aromatic heterocycles. The van der Waals surface area contributed by atoms with E-state index in [2.05, 4.69) is 21.5 Å². The molecule has 0 radical (unpaired) electrons. The first kappa shape index (κ1) is 11.1. The third kappa shape index (κ3) is 2.61. The van der Waals surface area contributed by atoms with Crippen LogP contribution in [-0.4, -0.2) is 14.5 Å². The summed E-state index contributed by atoms with van der Waals surface area (Å²) in [7, 11) is 0. The van der Waals surface area contributed by atoms with Crippen LogP contribution in [0.3, 0.4) is 0 Å². The summed E-state index contributed by atoms with van der Waals surface area (Å²) in [6.45, 7) is 2.88. The third-order valence-electron chi connectivity index (χ3n) is 2.39. The van der Waals surface area contributed by atoms with Gasteiger partial charge in [-0.2, -0.15) is 0 Å². The number of halogens is 1. The zero-order valence-corrected chi connectivity index (χ0v) is 9.98. The van der Waals surface area contributed by atoms with Gasteiger partial charge in [-0.3, -0.25) is 4.98 Å². The molecule has 84 valence electrons. The molecule has 0 aliphatic carbocycles. The van der Waals surface area contributed by atoms with Crippen LogP contribution in [-0.2, 0) is 13.0 Å². The van der Waals surface area contributed by atoms with Gasteiger partial charge in [0.2, 0.25) is 0 Å². The van der Waals surface area contributed by atoms with Crippen molar-refractivity contribution in [3.8, 4) is 0 Å². The third-order valence-corrected chi connectivity index (χ3v) is 2.62. The van der Waals surface area contributed by atoms with Gasteiger partial charge in [0.1, 0.15) is 5.82 Å². The maximum atomic E-state index is 5.92. The Morgan fingerprint density at radius 3 is 2.94 bits per heavy atom. The second-order valence-electron chi connectivity index (χ2n) is 3.69. The van der Waals surface area contributed by atoms with Gasteiger partial charge in [-0.1, -0.05) is 18.5 Å². The number of hydrogen-bond donors (Lipinski definition) is 0. The molecule has 16 heavy (non-hydrogen) atoms. The molecule has 0 N–H and O–H groups in total. The minimum absolute atomic E-state index is 0.724. The molecule has 0 amide bonds. The van der Waals surface area contributed by atoms with Gasteiger partial charge in [0.25, 0.3) is 0 Å². The van der Waals surface area contributed by atoms with Crippen molar-refractivity contribution in [2.45, 2.75) is 26.3 Å². The van der Waals surface area contributed by atoms with Gasteiger partial charge in [-0.25, -0.2) is 4.98 Å². The van der Waals surface area contributed by atoms with Crippen LogP contribution in [0.15, 0.2) is 30.7 Å². The molecule has 2 aromatic rings. The average molecular weight is 236 g/mol. The molecule has 2 heterocycles. The van der Waals surface area contributed by atoms with Gasteiger partial charge in [0.05, 0.1) is 12.2 Å².